The minimum atomic E-state index is -4.04. The van der Waals surface area contributed by atoms with Gasteiger partial charge in [0.15, 0.2) is 0 Å². The average Bonchev–Trinajstić information content (AvgIpc) is 2.48. The first-order valence-electron chi connectivity index (χ1n) is 7.28. The van der Waals surface area contributed by atoms with E-state index in [0.717, 1.165) is 29.3 Å². The van der Waals surface area contributed by atoms with Crippen molar-refractivity contribution in [3.63, 3.8) is 0 Å². The molecule has 0 unspecified atom stereocenters. The number of hydrogen-bond acceptors (Lipinski definition) is 3. The van der Waals surface area contributed by atoms with Gasteiger partial charge in [-0.25, -0.2) is 17.6 Å². The lowest BCUT2D eigenvalue weighted by molar-refractivity contribution is 0.0691. The van der Waals surface area contributed by atoms with Gasteiger partial charge in [-0.3, -0.25) is 4.72 Å². The molecule has 0 fully saturated rings. The highest BCUT2D eigenvalue weighted by Crippen LogP contribution is 2.29. The molecule has 0 aliphatic carbocycles. The number of sulfonamides is 1. The van der Waals surface area contributed by atoms with Gasteiger partial charge in [0.1, 0.15) is 5.82 Å². The fourth-order valence-electron chi connectivity index (χ4n) is 2.34. The van der Waals surface area contributed by atoms with E-state index in [-0.39, 0.29) is 10.8 Å². The van der Waals surface area contributed by atoms with Crippen molar-refractivity contribution in [3.8, 4) is 0 Å². The fourth-order valence-corrected chi connectivity index (χ4v) is 3.53. The molecule has 0 aliphatic heterocycles. The van der Waals surface area contributed by atoms with Gasteiger partial charge in [0, 0.05) is 0 Å². The molecule has 0 saturated heterocycles. The summed E-state index contributed by atoms with van der Waals surface area (Å²) in [7, 11) is -4.04. The second kappa shape index (κ2) is 6.60. The Morgan fingerprint density at radius 3 is 2.46 bits per heavy atom. The highest BCUT2D eigenvalue weighted by Gasteiger charge is 2.21. The van der Waals surface area contributed by atoms with E-state index in [0.29, 0.717) is 5.69 Å². The summed E-state index contributed by atoms with van der Waals surface area (Å²) in [6, 6.07) is 8.12. The minimum absolute atomic E-state index is 0.0883. The van der Waals surface area contributed by atoms with E-state index < -0.39 is 27.4 Å². The monoisotopic (exact) mass is 351 g/mol. The van der Waals surface area contributed by atoms with Crippen LogP contribution in [0.25, 0.3) is 0 Å². The summed E-state index contributed by atoms with van der Waals surface area (Å²) in [6.07, 6.45) is 0. The van der Waals surface area contributed by atoms with Crippen LogP contribution in [-0.4, -0.2) is 19.5 Å². The molecule has 0 bridgehead atoms. The second-order valence-corrected chi connectivity index (χ2v) is 7.43. The van der Waals surface area contributed by atoms with Gasteiger partial charge in [-0.15, -0.1) is 0 Å². The molecule has 0 saturated carbocycles. The van der Waals surface area contributed by atoms with Crippen molar-refractivity contribution in [2.24, 2.45) is 0 Å². The molecule has 5 nitrogen and oxygen atoms in total. The summed E-state index contributed by atoms with van der Waals surface area (Å²) in [5.41, 5.74) is 1.32. The zero-order valence-electron chi connectivity index (χ0n) is 13.5. The summed E-state index contributed by atoms with van der Waals surface area (Å²) in [6.45, 7) is 5.65. The molecule has 0 amide bonds. The largest absolute Gasteiger partial charge is 0.478 e. The topological polar surface area (TPSA) is 83.5 Å². The molecular weight excluding hydrogens is 333 g/mol. The van der Waals surface area contributed by atoms with Crippen LogP contribution < -0.4 is 4.72 Å². The van der Waals surface area contributed by atoms with E-state index in [9.17, 15) is 17.6 Å². The number of anilines is 1. The lowest BCUT2D eigenvalue weighted by Crippen LogP contribution is -2.16. The number of carboxylic acids is 1. The smallest absolute Gasteiger partial charge is 0.338 e. The number of nitrogens with one attached hydrogen (secondary N) is 1. The SMILES string of the molecule is Cc1cccc(C(C)C)c1NS(=O)(=O)c1ccc(F)c(C(=O)O)c1. The van der Waals surface area contributed by atoms with E-state index >= 15 is 0 Å². The highest BCUT2D eigenvalue weighted by atomic mass is 32.2. The number of para-hydroxylation sites is 1. The average molecular weight is 351 g/mol. The number of carboxylic acid groups (broad SMARTS) is 1. The van der Waals surface area contributed by atoms with Gasteiger partial charge in [-0.05, 0) is 42.2 Å². The van der Waals surface area contributed by atoms with Gasteiger partial charge in [-0.2, -0.15) is 0 Å². The van der Waals surface area contributed by atoms with Crippen LogP contribution in [0.4, 0.5) is 10.1 Å². The maximum Gasteiger partial charge on any atom is 0.338 e. The van der Waals surface area contributed by atoms with Crippen LogP contribution in [0.1, 0.15) is 41.3 Å². The highest BCUT2D eigenvalue weighted by molar-refractivity contribution is 7.92. The predicted molar refractivity (Wildman–Crippen MR) is 89.4 cm³/mol. The van der Waals surface area contributed by atoms with Gasteiger partial charge >= 0.3 is 5.97 Å². The molecule has 0 heterocycles. The van der Waals surface area contributed by atoms with Crippen molar-refractivity contribution >= 4 is 21.7 Å². The summed E-state index contributed by atoms with van der Waals surface area (Å²) < 4.78 is 41.1. The molecule has 0 aromatic heterocycles. The lowest BCUT2D eigenvalue weighted by atomic mass is 9.99. The van der Waals surface area contributed by atoms with E-state index in [1.165, 1.54) is 0 Å². The van der Waals surface area contributed by atoms with Gasteiger partial charge in [-0.1, -0.05) is 32.0 Å². The second-order valence-electron chi connectivity index (χ2n) is 5.75. The Morgan fingerprint density at radius 1 is 1.21 bits per heavy atom. The molecule has 24 heavy (non-hydrogen) atoms. The molecule has 0 aliphatic rings. The minimum Gasteiger partial charge on any atom is -0.478 e. The Kier molecular flexibility index (Phi) is 4.94. The summed E-state index contributed by atoms with van der Waals surface area (Å²) >= 11 is 0. The van der Waals surface area contributed by atoms with Crippen LogP contribution in [0.15, 0.2) is 41.3 Å². The first-order chi connectivity index (χ1) is 11.1. The van der Waals surface area contributed by atoms with Crippen molar-refractivity contribution in [2.45, 2.75) is 31.6 Å². The normalized spacial score (nSPS) is 11.5. The maximum atomic E-state index is 13.5. The summed E-state index contributed by atoms with van der Waals surface area (Å²) in [4.78, 5) is 10.7. The lowest BCUT2D eigenvalue weighted by Gasteiger charge is -2.17. The van der Waals surface area contributed by atoms with Crippen molar-refractivity contribution in [3.05, 3.63) is 58.9 Å². The van der Waals surface area contributed by atoms with E-state index in [4.69, 9.17) is 5.11 Å². The van der Waals surface area contributed by atoms with Crippen molar-refractivity contribution < 1.29 is 22.7 Å². The number of aromatic carboxylic acids is 1. The van der Waals surface area contributed by atoms with E-state index in [1.807, 2.05) is 26.0 Å². The van der Waals surface area contributed by atoms with Crippen LogP contribution in [0, 0.1) is 12.7 Å². The van der Waals surface area contributed by atoms with E-state index in [1.54, 1.807) is 13.0 Å². The van der Waals surface area contributed by atoms with Gasteiger partial charge in [0.05, 0.1) is 16.1 Å². The Labute approximate surface area is 140 Å². The number of hydrogen-bond donors (Lipinski definition) is 2. The Bertz CT molecular complexity index is 891. The molecule has 0 radical (unpaired) electrons. The summed E-state index contributed by atoms with van der Waals surface area (Å²) in [5, 5.41) is 8.95. The molecule has 0 atom stereocenters. The molecule has 7 heteroatoms. The Hall–Kier alpha value is -2.41. The first-order valence-corrected chi connectivity index (χ1v) is 8.77. The molecular formula is C17H18FNO4S. The standard InChI is InChI=1S/C17H18FNO4S/c1-10(2)13-6-4-5-11(3)16(13)19-24(22,23)12-7-8-15(18)14(9-12)17(20)21/h4-10,19H,1-3H3,(H,20,21). The van der Waals surface area contributed by atoms with E-state index in [2.05, 4.69) is 4.72 Å². The number of carbonyl (C=O) groups is 1. The third-order valence-corrected chi connectivity index (χ3v) is 4.99. The van der Waals surface area contributed by atoms with Crippen molar-refractivity contribution in [1.82, 2.24) is 0 Å². The predicted octanol–water partition coefficient (Wildman–Crippen LogP) is 3.76. The van der Waals surface area contributed by atoms with Crippen molar-refractivity contribution in [1.29, 1.82) is 0 Å². The zero-order valence-corrected chi connectivity index (χ0v) is 14.3. The van der Waals surface area contributed by atoms with Crippen LogP contribution in [0.3, 0.4) is 0 Å². The molecule has 2 aromatic rings. The Morgan fingerprint density at radius 2 is 1.88 bits per heavy atom. The molecule has 128 valence electrons. The number of halogens is 1. The first kappa shape index (κ1) is 17.9. The Balaban J connectivity index is 2.51. The number of rotatable bonds is 5. The molecule has 2 rings (SSSR count). The summed E-state index contributed by atoms with van der Waals surface area (Å²) in [5.74, 6) is -2.42. The van der Waals surface area contributed by atoms with Crippen LogP contribution >= 0.6 is 0 Å². The van der Waals surface area contributed by atoms with Gasteiger partial charge < -0.3 is 5.11 Å². The van der Waals surface area contributed by atoms with Crippen LogP contribution in [-0.2, 0) is 10.0 Å². The zero-order chi connectivity index (χ0) is 18.1. The van der Waals surface area contributed by atoms with Gasteiger partial charge in [0.25, 0.3) is 10.0 Å². The van der Waals surface area contributed by atoms with Crippen LogP contribution in [0.5, 0.6) is 0 Å². The van der Waals surface area contributed by atoms with Crippen molar-refractivity contribution in [2.75, 3.05) is 4.72 Å². The number of aryl methyl sites for hydroxylation is 1. The fraction of sp³-hybridized carbons (Fsp3) is 0.235. The molecule has 0 spiro atoms. The third kappa shape index (κ3) is 3.56. The third-order valence-electron chi connectivity index (χ3n) is 3.64. The number of benzene rings is 2. The maximum absolute atomic E-state index is 13.5. The van der Waals surface area contributed by atoms with Gasteiger partial charge in [0.2, 0.25) is 0 Å². The molecule has 2 N–H and O–H groups in total. The van der Waals surface area contributed by atoms with Crippen LogP contribution in [0.2, 0.25) is 0 Å². The molecule has 2 aromatic carbocycles. The quantitative estimate of drug-likeness (QED) is 0.859.